The summed E-state index contributed by atoms with van der Waals surface area (Å²) < 4.78 is 42.0. The van der Waals surface area contributed by atoms with Gasteiger partial charge in [0.1, 0.15) is 13.2 Å². The minimum Gasteiger partial charge on any atom is -0.463 e. The summed E-state index contributed by atoms with van der Waals surface area (Å²) in [5.74, 6) is -0.465. The van der Waals surface area contributed by atoms with Crippen LogP contribution in [-0.2, 0) is 47.5 Å². The summed E-state index contributed by atoms with van der Waals surface area (Å²) in [6.45, 7) is 9.53. The Labute approximate surface area is 198 Å². The third kappa shape index (κ3) is 28.7. The van der Waals surface area contributed by atoms with E-state index in [-0.39, 0.29) is 25.2 Å². The van der Waals surface area contributed by atoms with E-state index < -0.39 is 0 Å². The van der Waals surface area contributed by atoms with Gasteiger partial charge in [-0.2, -0.15) is 0 Å². The second-order valence-corrected chi connectivity index (χ2v) is 7.05. The minimum atomic E-state index is -0.311. The first-order valence-electron chi connectivity index (χ1n) is 11.9. The smallest absolute Gasteiger partial charge is 0.305 e. The predicted molar refractivity (Wildman–Crippen MR) is 121 cm³/mol. The molecule has 0 radical (unpaired) electrons. The van der Waals surface area contributed by atoms with Crippen LogP contribution in [0.1, 0.15) is 46.0 Å². The van der Waals surface area contributed by atoms with Crippen molar-refractivity contribution in [2.75, 3.05) is 92.5 Å². The molecule has 0 unspecified atom stereocenters. The highest BCUT2D eigenvalue weighted by atomic mass is 16.6. The molecule has 0 aliphatic heterocycles. The summed E-state index contributed by atoms with van der Waals surface area (Å²) in [7, 11) is 0. The van der Waals surface area contributed by atoms with Crippen LogP contribution >= 0.6 is 0 Å². The normalized spacial score (nSPS) is 11.0. The van der Waals surface area contributed by atoms with Gasteiger partial charge in [-0.15, -0.1) is 0 Å². The quantitative estimate of drug-likeness (QED) is 0.135. The Bertz CT molecular complexity index is 433. The van der Waals surface area contributed by atoms with E-state index in [1.54, 1.807) is 0 Å². The van der Waals surface area contributed by atoms with Crippen molar-refractivity contribution in [3.8, 4) is 0 Å². The lowest BCUT2D eigenvalue weighted by Gasteiger charge is -2.08. The molecule has 0 saturated carbocycles. The summed E-state index contributed by atoms with van der Waals surface area (Å²) in [5.41, 5.74) is 0. The second-order valence-electron chi connectivity index (χ2n) is 7.05. The molecule has 0 aliphatic carbocycles. The SMILES string of the molecule is CCCCCCC(=O)OCCOCCOCCOCCOCCOCCOCCOC(C)=O. The summed E-state index contributed by atoms with van der Waals surface area (Å²) in [6.07, 6.45) is 4.76. The van der Waals surface area contributed by atoms with E-state index in [0.717, 1.165) is 25.7 Å². The number of unbranched alkanes of at least 4 members (excludes halogenated alkanes) is 3. The molecule has 10 nitrogen and oxygen atoms in total. The van der Waals surface area contributed by atoms with Gasteiger partial charge in [0.15, 0.2) is 0 Å². The zero-order chi connectivity index (χ0) is 24.2. The summed E-state index contributed by atoms with van der Waals surface area (Å²) >= 11 is 0. The van der Waals surface area contributed by atoms with E-state index in [2.05, 4.69) is 6.92 Å². The molecule has 0 saturated heterocycles. The van der Waals surface area contributed by atoms with Crippen molar-refractivity contribution >= 4 is 11.9 Å². The molecule has 0 spiro atoms. The maximum Gasteiger partial charge on any atom is 0.305 e. The van der Waals surface area contributed by atoms with Gasteiger partial charge in [-0.25, -0.2) is 0 Å². The van der Waals surface area contributed by atoms with Crippen LogP contribution in [0.25, 0.3) is 0 Å². The Hall–Kier alpha value is -1.30. The van der Waals surface area contributed by atoms with Gasteiger partial charge in [0.2, 0.25) is 0 Å². The number of carbonyl (C=O) groups excluding carboxylic acids is 2. The highest BCUT2D eigenvalue weighted by molar-refractivity contribution is 5.69. The van der Waals surface area contributed by atoms with Crippen molar-refractivity contribution in [1.82, 2.24) is 0 Å². The fourth-order valence-electron chi connectivity index (χ4n) is 2.43. The van der Waals surface area contributed by atoms with Crippen molar-refractivity contribution in [1.29, 1.82) is 0 Å². The van der Waals surface area contributed by atoms with Gasteiger partial charge < -0.3 is 37.9 Å². The molecular weight excluding hydrogens is 436 g/mol. The fourth-order valence-corrected chi connectivity index (χ4v) is 2.43. The molecule has 0 aliphatic rings. The highest BCUT2D eigenvalue weighted by Crippen LogP contribution is 2.03. The van der Waals surface area contributed by atoms with Crippen molar-refractivity contribution in [3.63, 3.8) is 0 Å². The van der Waals surface area contributed by atoms with Crippen LogP contribution in [0.5, 0.6) is 0 Å². The molecular formula is C23H44O10. The third-order valence-electron chi connectivity index (χ3n) is 4.12. The van der Waals surface area contributed by atoms with Gasteiger partial charge in [-0.3, -0.25) is 9.59 Å². The lowest BCUT2D eigenvalue weighted by atomic mass is 10.2. The van der Waals surface area contributed by atoms with Crippen LogP contribution in [0.4, 0.5) is 0 Å². The molecule has 0 rings (SSSR count). The van der Waals surface area contributed by atoms with Gasteiger partial charge in [0, 0.05) is 13.3 Å². The third-order valence-corrected chi connectivity index (χ3v) is 4.12. The van der Waals surface area contributed by atoms with Crippen LogP contribution in [0, 0.1) is 0 Å². The molecule has 0 aromatic rings. The zero-order valence-electron chi connectivity index (χ0n) is 20.5. The van der Waals surface area contributed by atoms with Crippen molar-refractivity contribution in [2.24, 2.45) is 0 Å². The van der Waals surface area contributed by atoms with E-state index in [0.29, 0.717) is 85.7 Å². The molecule has 0 fully saturated rings. The van der Waals surface area contributed by atoms with Crippen molar-refractivity contribution in [3.05, 3.63) is 0 Å². The van der Waals surface area contributed by atoms with Gasteiger partial charge >= 0.3 is 11.9 Å². The maximum atomic E-state index is 11.5. The number of hydrogen-bond donors (Lipinski definition) is 0. The molecule has 0 atom stereocenters. The largest absolute Gasteiger partial charge is 0.463 e. The van der Waals surface area contributed by atoms with Gasteiger partial charge in [0.05, 0.1) is 79.3 Å². The molecule has 0 amide bonds. The standard InChI is InChI=1S/C23H44O10/c1-3-4-5-6-7-23(25)33-21-19-31-17-15-29-13-11-27-9-8-26-10-12-28-14-16-30-18-20-32-22(2)24/h3-21H2,1-2H3. The number of esters is 2. The molecule has 0 aromatic heterocycles. The molecule has 10 heteroatoms. The van der Waals surface area contributed by atoms with Crippen LogP contribution in [0.3, 0.4) is 0 Å². The number of carbonyl (C=O) groups is 2. The Balaban J connectivity index is 3.09. The Morgan fingerprint density at radius 2 is 0.848 bits per heavy atom. The fraction of sp³-hybridized carbons (Fsp3) is 0.913. The first-order chi connectivity index (χ1) is 16.2. The molecule has 0 aromatic carbocycles. The zero-order valence-corrected chi connectivity index (χ0v) is 20.5. The van der Waals surface area contributed by atoms with Crippen molar-refractivity contribution in [2.45, 2.75) is 46.0 Å². The van der Waals surface area contributed by atoms with E-state index in [1.165, 1.54) is 6.92 Å². The molecule has 0 N–H and O–H groups in total. The maximum absolute atomic E-state index is 11.5. The van der Waals surface area contributed by atoms with Crippen molar-refractivity contribution < 1.29 is 47.5 Å². The van der Waals surface area contributed by atoms with E-state index in [9.17, 15) is 9.59 Å². The number of hydrogen-bond acceptors (Lipinski definition) is 10. The van der Waals surface area contributed by atoms with Crippen LogP contribution < -0.4 is 0 Å². The topological polar surface area (TPSA) is 108 Å². The second kappa shape index (κ2) is 26.9. The summed E-state index contributed by atoms with van der Waals surface area (Å²) in [5, 5.41) is 0. The molecule has 0 bridgehead atoms. The molecule has 33 heavy (non-hydrogen) atoms. The number of ether oxygens (including phenoxy) is 8. The average Bonchev–Trinajstić information content (AvgIpc) is 2.80. The van der Waals surface area contributed by atoms with Gasteiger partial charge in [0.25, 0.3) is 0 Å². The summed E-state index contributed by atoms with van der Waals surface area (Å²) in [4.78, 5) is 22.0. The molecule has 196 valence electrons. The predicted octanol–water partition coefficient (Wildman–Crippen LogP) is 2.16. The highest BCUT2D eigenvalue weighted by Gasteiger charge is 2.02. The van der Waals surface area contributed by atoms with Gasteiger partial charge in [-0.1, -0.05) is 26.2 Å². The minimum absolute atomic E-state index is 0.154. The van der Waals surface area contributed by atoms with Crippen LogP contribution in [-0.4, -0.2) is 104 Å². The monoisotopic (exact) mass is 480 g/mol. The first-order valence-corrected chi connectivity index (χ1v) is 11.9. The average molecular weight is 481 g/mol. The Morgan fingerprint density at radius 3 is 1.21 bits per heavy atom. The van der Waals surface area contributed by atoms with E-state index in [4.69, 9.17) is 37.9 Å². The lowest BCUT2D eigenvalue weighted by molar-refractivity contribution is -0.145. The molecule has 0 heterocycles. The summed E-state index contributed by atoms with van der Waals surface area (Å²) in [6, 6.07) is 0. The van der Waals surface area contributed by atoms with E-state index in [1.807, 2.05) is 0 Å². The number of rotatable bonds is 26. The van der Waals surface area contributed by atoms with Crippen LogP contribution in [0.15, 0.2) is 0 Å². The Morgan fingerprint density at radius 1 is 0.485 bits per heavy atom. The lowest BCUT2D eigenvalue weighted by Crippen LogP contribution is -2.15. The first kappa shape index (κ1) is 31.7. The van der Waals surface area contributed by atoms with Crippen LogP contribution in [0.2, 0.25) is 0 Å². The van der Waals surface area contributed by atoms with E-state index >= 15 is 0 Å². The van der Waals surface area contributed by atoms with Gasteiger partial charge in [-0.05, 0) is 6.42 Å². The Kier molecular flexibility index (Phi) is 25.9.